The third-order valence-corrected chi connectivity index (χ3v) is 5.07. The maximum Gasteiger partial charge on any atom is 0.128 e. The Kier molecular flexibility index (Phi) is 4.56. The highest BCUT2D eigenvalue weighted by atomic mass is 15.2. The van der Waals surface area contributed by atoms with E-state index in [4.69, 9.17) is 0 Å². The highest BCUT2D eigenvalue weighted by Gasteiger charge is 2.26. The average molecular weight is 273 g/mol. The molecule has 2 heterocycles. The standard InChI is InChI=1S/C17H27N3/c1-14(15-6-2-3-7-15)19-16-9-12-20(13-10-16)17-8-4-5-11-18-17/h4-5,8,11,14-16,19H,2-3,6-7,9-10,12-13H2,1H3. The van der Waals surface area contributed by atoms with Crippen molar-refractivity contribution in [1.82, 2.24) is 10.3 Å². The van der Waals surface area contributed by atoms with Crippen LogP contribution in [0, 0.1) is 5.92 Å². The molecule has 0 aromatic carbocycles. The molecule has 20 heavy (non-hydrogen) atoms. The zero-order valence-corrected chi connectivity index (χ0v) is 12.6. The third-order valence-electron chi connectivity index (χ3n) is 5.07. The van der Waals surface area contributed by atoms with Crippen LogP contribution in [-0.4, -0.2) is 30.2 Å². The Hall–Kier alpha value is -1.09. The van der Waals surface area contributed by atoms with Crippen molar-refractivity contribution in [2.45, 2.75) is 57.5 Å². The van der Waals surface area contributed by atoms with E-state index in [1.54, 1.807) is 0 Å². The number of aromatic nitrogens is 1. The second-order valence-corrected chi connectivity index (χ2v) is 6.45. The van der Waals surface area contributed by atoms with Crippen molar-refractivity contribution < 1.29 is 0 Å². The summed E-state index contributed by atoms with van der Waals surface area (Å²) in [5.41, 5.74) is 0. The minimum absolute atomic E-state index is 0.698. The van der Waals surface area contributed by atoms with Gasteiger partial charge in [0.05, 0.1) is 0 Å². The van der Waals surface area contributed by atoms with E-state index in [0.717, 1.165) is 24.8 Å². The van der Waals surface area contributed by atoms with Crippen LogP contribution in [0.4, 0.5) is 5.82 Å². The second kappa shape index (κ2) is 6.57. The van der Waals surface area contributed by atoms with Gasteiger partial charge < -0.3 is 10.2 Å². The highest BCUT2D eigenvalue weighted by molar-refractivity contribution is 5.38. The fourth-order valence-electron chi connectivity index (χ4n) is 3.78. The van der Waals surface area contributed by atoms with Crippen molar-refractivity contribution in [3.8, 4) is 0 Å². The summed E-state index contributed by atoms with van der Waals surface area (Å²) in [4.78, 5) is 6.87. The van der Waals surface area contributed by atoms with Crippen LogP contribution in [0.5, 0.6) is 0 Å². The minimum atomic E-state index is 0.698. The van der Waals surface area contributed by atoms with E-state index in [1.807, 2.05) is 12.3 Å². The predicted octanol–water partition coefficient (Wildman–Crippen LogP) is 3.22. The number of nitrogens with zero attached hydrogens (tertiary/aromatic N) is 2. The Morgan fingerprint density at radius 1 is 1.15 bits per heavy atom. The van der Waals surface area contributed by atoms with Crippen molar-refractivity contribution in [3.63, 3.8) is 0 Å². The zero-order valence-electron chi connectivity index (χ0n) is 12.6. The highest BCUT2D eigenvalue weighted by Crippen LogP contribution is 2.28. The molecule has 1 aromatic rings. The number of rotatable bonds is 4. The average Bonchev–Trinajstić information content (AvgIpc) is 3.03. The predicted molar refractivity (Wildman–Crippen MR) is 84.0 cm³/mol. The first-order valence-electron chi connectivity index (χ1n) is 8.25. The lowest BCUT2D eigenvalue weighted by atomic mass is 9.96. The fraction of sp³-hybridized carbons (Fsp3) is 0.706. The molecule has 3 heteroatoms. The smallest absolute Gasteiger partial charge is 0.128 e. The fourth-order valence-corrected chi connectivity index (χ4v) is 3.78. The molecule has 1 aliphatic carbocycles. The number of nitrogens with one attached hydrogen (secondary N) is 1. The van der Waals surface area contributed by atoms with E-state index in [9.17, 15) is 0 Å². The van der Waals surface area contributed by atoms with Crippen LogP contribution in [0.15, 0.2) is 24.4 Å². The van der Waals surface area contributed by atoms with Gasteiger partial charge in [-0.25, -0.2) is 4.98 Å². The molecule has 0 amide bonds. The SMILES string of the molecule is CC(NC1CCN(c2ccccn2)CC1)C1CCCC1. The number of pyridine rings is 1. The number of piperidine rings is 1. The molecule has 0 bridgehead atoms. The Labute approximate surface area is 122 Å². The zero-order chi connectivity index (χ0) is 13.8. The molecular weight excluding hydrogens is 246 g/mol. The number of anilines is 1. The van der Waals surface area contributed by atoms with E-state index >= 15 is 0 Å². The van der Waals surface area contributed by atoms with Gasteiger partial charge in [-0.15, -0.1) is 0 Å². The Morgan fingerprint density at radius 3 is 2.55 bits per heavy atom. The molecule has 1 aliphatic heterocycles. The van der Waals surface area contributed by atoms with Crippen molar-refractivity contribution in [1.29, 1.82) is 0 Å². The summed E-state index contributed by atoms with van der Waals surface area (Å²) in [7, 11) is 0. The van der Waals surface area contributed by atoms with E-state index in [2.05, 4.69) is 34.3 Å². The van der Waals surface area contributed by atoms with E-state index in [0.29, 0.717) is 12.1 Å². The first-order valence-corrected chi connectivity index (χ1v) is 8.25. The van der Waals surface area contributed by atoms with E-state index in [-0.39, 0.29) is 0 Å². The lowest BCUT2D eigenvalue weighted by molar-refractivity contribution is 0.310. The molecule has 1 saturated carbocycles. The molecular formula is C17H27N3. The first-order chi connectivity index (χ1) is 9.83. The monoisotopic (exact) mass is 273 g/mol. The van der Waals surface area contributed by atoms with Gasteiger partial charge in [0.15, 0.2) is 0 Å². The molecule has 3 nitrogen and oxygen atoms in total. The van der Waals surface area contributed by atoms with Crippen molar-refractivity contribution in [3.05, 3.63) is 24.4 Å². The summed E-state index contributed by atoms with van der Waals surface area (Å²) in [5, 5.41) is 3.89. The molecule has 0 radical (unpaired) electrons. The largest absolute Gasteiger partial charge is 0.357 e. The minimum Gasteiger partial charge on any atom is -0.357 e. The van der Waals surface area contributed by atoms with Gasteiger partial charge in [-0.3, -0.25) is 0 Å². The summed E-state index contributed by atoms with van der Waals surface area (Å²) in [6, 6.07) is 7.58. The van der Waals surface area contributed by atoms with Gasteiger partial charge in [0.1, 0.15) is 5.82 Å². The molecule has 1 N–H and O–H groups in total. The Balaban J connectivity index is 1.46. The molecule has 2 fully saturated rings. The number of hydrogen-bond donors (Lipinski definition) is 1. The third kappa shape index (κ3) is 3.32. The molecule has 110 valence electrons. The molecule has 3 rings (SSSR count). The van der Waals surface area contributed by atoms with Crippen LogP contribution >= 0.6 is 0 Å². The molecule has 1 saturated heterocycles. The van der Waals surface area contributed by atoms with Gasteiger partial charge >= 0.3 is 0 Å². The lowest BCUT2D eigenvalue weighted by Gasteiger charge is -2.35. The maximum atomic E-state index is 4.46. The lowest BCUT2D eigenvalue weighted by Crippen LogP contribution is -2.47. The van der Waals surface area contributed by atoms with Crippen molar-refractivity contribution >= 4 is 5.82 Å². The van der Waals surface area contributed by atoms with Crippen LogP contribution < -0.4 is 10.2 Å². The van der Waals surface area contributed by atoms with Crippen molar-refractivity contribution in [2.24, 2.45) is 5.92 Å². The summed E-state index contributed by atoms with van der Waals surface area (Å²) >= 11 is 0. The normalized spacial score (nSPS) is 23.1. The molecule has 1 unspecified atom stereocenters. The summed E-state index contributed by atoms with van der Waals surface area (Å²) in [6.45, 7) is 4.65. The van der Waals surface area contributed by atoms with Gasteiger partial charge in [0.25, 0.3) is 0 Å². The van der Waals surface area contributed by atoms with Gasteiger partial charge in [-0.2, -0.15) is 0 Å². The summed E-state index contributed by atoms with van der Waals surface area (Å²) in [5.74, 6) is 2.05. The van der Waals surface area contributed by atoms with Crippen LogP contribution in [0.2, 0.25) is 0 Å². The van der Waals surface area contributed by atoms with Gasteiger partial charge in [-0.1, -0.05) is 18.9 Å². The number of hydrogen-bond acceptors (Lipinski definition) is 3. The van der Waals surface area contributed by atoms with E-state index in [1.165, 1.54) is 38.5 Å². The second-order valence-electron chi connectivity index (χ2n) is 6.45. The van der Waals surface area contributed by atoms with Crippen LogP contribution in [0.3, 0.4) is 0 Å². The maximum absolute atomic E-state index is 4.46. The van der Waals surface area contributed by atoms with Crippen LogP contribution in [0.1, 0.15) is 45.4 Å². The molecule has 2 aliphatic rings. The summed E-state index contributed by atoms with van der Waals surface area (Å²) < 4.78 is 0. The summed E-state index contributed by atoms with van der Waals surface area (Å²) in [6.07, 6.45) is 10.1. The first kappa shape index (κ1) is 13.9. The van der Waals surface area contributed by atoms with Crippen molar-refractivity contribution in [2.75, 3.05) is 18.0 Å². The molecule has 1 atom stereocenters. The topological polar surface area (TPSA) is 28.2 Å². The van der Waals surface area contributed by atoms with Crippen LogP contribution in [-0.2, 0) is 0 Å². The molecule has 0 spiro atoms. The van der Waals surface area contributed by atoms with E-state index < -0.39 is 0 Å². The quantitative estimate of drug-likeness (QED) is 0.913. The molecule has 1 aromatic heterocycles. The Bertz CT molecular complexity index is 392. The van der Waals surface area contributed by atoms with Gasteiger partial charge in [0, 0.05) is 31.4 Å². The van der Waals surface area contributed by atoms with Gasteiger partial charge in [0.2, 0.25) is 0 Å². The van der Waals surface area contributed by atoms with Gasteiger partial charge in [-0.05, 0) is 50.7 Å². The Morgan fingerprint density at radius 2 is 1.90 bits per heavy atom. The van der Waals surface area contributed by atoms with Crippen LogP contribution in [0.25, 0.3) is 0 Å².